The van der Waals surface area contributed by atoms with Gasteiger partial charge in [0.25, 0.3) is 0 Å². The molecule has 4 nitrogen and oxygen atoms in total. The van der Waals surface area contributed by atoms with Crippen molar-refractivity contribution in [1.29, 1.82) is 0 Å². The van der Waals surface area contributed by atoms with E-state index in [4.69, 9.17) is 31.0 Å². The number of aromatic nitrogens is 3. The Balaban J connectivity index is 1.31. The Hall–Kier alpha value is -5.62. The minimum absolute atomic E-state index is 0.542. The molecule has 0 aliphatic carbocycles. The van der Waals surface area contributed by atoms with Crippen LogP contribution in [0, 0.1) is 0 Å². The van der Waals surface area contributed by atoms with Crippen molar-refractivity contribution in [2.45, 2.75) is 0 Å². The second-order valence-corrected chi connectivity index (χ2v) is 13.2. The van der Waals surface area contributed by atoms with Gasteiger partial charge in [-0.15, -0.1) is 11.3 Å². The number of benzene rings is 7. The normalized spacial score (nSPS) is 11.9. The molecule has 7 aromatic carbocycles. The Kier molecular flexibility index (Phi) is 5.77. The lowest BCUT2D eigenvalue weighted by Crippen LogP contribution is -2.01. The smallest absolute Gasteiger partial charge is 0.167 e. The van der Waals surface area contributed by atoms with Gasteiger partial charge in [-0.3, -0.25) is 0 Å². The molecule has 0 N–H and O–H groups in total. The Morgan fingerprint density at radius 1 is 0.489 bits per heavy atom. The van der Waals surface area contributed by atoms with Gasteiger partial charge in [-0.1, -0.05) is 121 Å². The fourth-order valence-electron chi connectivity index (χ4n) is 6.86. The van der Waals surface area contributed by atoms with E-state index in [2.05, 4.69) is 78.9 Å². The third-order valence-electron chi connectivity index (χ3n) is 8.98. The van der Waals surface area contributed by atoms with E-state index in [-0.39, 0.29) is 0 Å². The second kappa shape index (κ2) is 10.2. The summed E-state index contributed by atoms with van der Waals surface area (Å²) in [6, 6.07) is 45.7. The summed E-state index contributed by atoms with van der Waals surface area (Å²) in [6.45, 7) is 0. The topological polar surface area (TPSA) is 51.8 Å². The number of thiophene rings is 1. The number of halogens is 1. The van der Waals surface area contributed by atoms with Crippen LogP contribution in [0.25, 0.3) is 97.8 Å². The molecule has 0 aliphatic rings. The highest BCUT2D eigenvalue weighted by atomic mass is 35.5. The van der Waals surface area contributed by atoms with Gasteiger partial charge in [-0.2, -0.15) is 0 Å². The van der Waals surface area contributed by atoms with Crippen LogP contribution in [-0.4, -0.2) is 15.0 Å². The minimum atomic E-state index is 0.542. The Morgan fingerprint density at radius 3 is 1.96 bits per heavy atom. The summed E-state index contributed by atoms with van der Waals surface area (Å²) in [5, 5.41) is 9.57. The Bertz CT molecular complexity index is 2880. The van der Waals surface area contributed by atoms with Crippen LogP contribution >= 0.6 is 22.9 Å². The van der Waals surface area contributed by atoms with Crippen LogP contribution < -0.4 is 0 Å². The number of hydrogen-bond donors (Lipinski definition) is 0. The number of hydrogen-bond acceptors (Lipinski definition) is 5. The zero-order valence-electron chi connectivity index (χ0n) is 24.7. The van der Waals surface area contributed by atoms with Gasteiger partial charge in [0.2, 0.25) is 0 Å². The second-order valence-electron chi connectivity index (χ2n) is 11.7. The molecule has 10 aromatic rings. The maximum Gasteiger partial charge on any atom is 0.167 e. The molecule has 47 heavy (non-hydrogen) atoms. The fraction of sp³-hybridized carbons (Fsp3) is 0. The van der Waals surface area contributed by atoms with E-state index in [9.17, 15) is 0 Å². The van der Waals surface area contributed by atoms with E-state index in [1.54, 1.807) is 11.3 Å². The average Bonchev–Trinajstić information content (AvgIpc) is 3.69. The molecule has 0 spiro atoms. The number of para-hydroxylation sites is 2. The summed E-state index contributed by atoms with van der Waals surface area (Å²) in [4.78, 5) is 15.6. The first-order valence-corrected chi connectivity index (χ1v) is 16.6. The number of furan rings is 1. The maximum absolute atomic E-state index is 6.85. The Labute approximate surface area is 277 Å². The SMILES string of the molecule is Clc1cc(-c2nc(-c3cccc4ccccc34)nc(-c3cccc4c3oc3ccccc34)n2)c2c(c1)sc1c3ccccc3ccc12. The molecule has 0 saturated carbocycles. The molecular formula is C41H22ClN3OS. The van der Waals surface area contributed by atoms with E-state index in [1.807, 2.05) is 54.6 Å². The monoisotopic (exact) mass is 639 g/mol. The van der Waals surface area contributed by atoms with E-state index in [1.165, 1.54) is 15.5 Å². The molecule has 0 radical (unpaired) electrons. The summed E-state index contributed by atoms with van der Waals surface area (Å²) < 4.78 is 8.76. The fourth-order valence-corrected chi connectivity index (χ4v) is 8.44. The molecule has 0 fully saturated rings. The van der Waals surface area contributed by atoms with Crippen molar-refractivity contribution in [2.75, 3.05) is 0 Å². The van der Waals surface area contributed by atoms with Crippen molar-refractivity contribution in [2.24, 2.45) is 0 Å². The molecule has 6 heteroatoms. The number of nitrogens with zero attached hydrogens (tertiary/aromatic N) is 3. The van der Waals surface area contributed by atoms with E-state index in [0.29, 0.717) is 22.5 Å². The van der Waals surface area contributed by atoms with Crippen molar-refractivity contribution >= 4 is 86.6 Å². The van der Waals surface area contributed by atoms with Crippen LogP contribution in [0.15, 0.2) is 138 Å². The zero-order valence-corrected chi connectivity index (χ0v) is 26.3. The van der Waals surface area contributed by atoms with Crippen molar-refractivity contribution in [3.05, 3.63) is 138 Å². The van der Waals surface area contributed by atoms with Crippen LogP contribution in [0.4, 0.5) is 0 Å². The van der Waals surface area contributed by atoms with Crippen LogP contribution in [-0.2, 0) is 0 Å². The van der Waals surface area contributed by atoms with Gasteiger partial charge < -0.3 is 4.42 Å². The van der Waals surface area contributed by atoms with E-state index >= 15 is 0 Å². The quantitative estimate of drug-likeness (QED) is 0.193. The van der Waals surface area contributed by atoms with Gasteiger partial charge in [0.1, 0.15) is 11.2 Å². The first-order chi connectivity index (χ1) is 23.2. The molecule has 220 valence electrons. The molecule has 0 bridgehead atoms. The van der Waals surface area contributed by atoms with Gasteiger partial charge in [-0.05, 0) is 45.8 Å². The van der Waals surface area contributed by atoms with Crippen LogP contribution in [0.3, 0.4) is 0 Å². The van der Waals surface area contributed by atoms with Crippen molar-refractivity contribution < 1.29 is 4.42 Å². The van der Waals surface area contributed by atoms with Gasteiger partial charge in [0, 0.05) is 47.1 Å². The average molecular weight is 640 g/mol. The highest BCUT2D eigenvalue weighted by molar-refractivity contribution is 7.26. The van der Waals surface area contributed by atoms with Gasteiger partial charge in [0.05, 0.1) is 5.56 Å². The van der Waals surface area contributed by atoms with Crippen LogP contribution in [0.5, 0.6) is 0 Å². The zero-order chi connectivity index (χ0) is 31.1. The third kappa shape index (κ3) is 4.10. The molecule has 0 atom stereocenters. The van der Waals surface area contributed by atoms with Gasteiger partial charge in [-0.25, -0.2) is 15.0 Å². The lowest BCUT2D eigenvalue weighted by atomic mass is 10.0. The minimum Gasteiger partial charge on any atom is -0.455 e. The van der Waals surface area contributed by atoms with Crippen molar-refractivity contribution in [3.63, 3.8) is 0 Å². The molecule has 3 heterocycles. The number of rotatable bonds is 3. The molecular weight excluding hydrogens is 618 g/mol. The molecule has 10 rings (SSSR count). The van der Waals surface area contributed by atoms with Crippen LogP contribution in [0.2, 0.25) is 5.02 Å². The standard InChI is InChI=1S/C41H22ClN3OS/c42-25-21-33(36-31-20-19-24-10-2-4-13-27(24)38(31)47-35(36)22-25)41-44-39(30-16-7-11-23-9-1-3-12-26(23)30)43-40(45-41)32-17-8-15-29-28-14-5-6-18-34(28)46-37(29)32/h1-22H. The summed E-state index contributed by atoms with van der Waals surface area (Å²) in [6.07, 6.45) is 0. The first kappa shape index (κ1) is 26.6. The van der Waals surface area contributed by atoms with E-state index in [0.717, 1.165) is 64.9 Å². The predicted octanol–water partition coefficient (Wildman–Crippen LogP) is 12.1. The highest BCUT2D eigenvalue weighted by Crippen LogP contribution is 2.44. The first-order valence-electron chi connectivity index (χ1n) is 15.4. The van der Waals surface area contributed by atoms with Crippen LogP contribution in [0.1, 0.15) is 0 Å². The lowest BCUT2D eigenvalue weighted by molar-refractivity contribution is 0.669. The summed E-state index contributed by atoms with van der Waals surface area (Å²) in [5.41, 5.74) is 4.19. The van der Waals surface area contributed by atoms with Crippen molar-refractivity contribution in [3.8, 4) is 34.2 Å². The molecule has 0 amide bonds. The summed E-state index contributed by atoms with van der Waals surface area (Å²) in [7, 11) is 0. The van der Waals surface area contributed by atoms with E-state index < -0.39 is 0 Å². The van der Waals surface area contributed by atoms with Crippen molar-refractivity contribution in [1.82, 2.24) is 15.0 Å². The number of fused-ring (bicyclic) bond motifs is 9. The molecule has 0 aliphatic heterocycles. The largest absolute Gasteiger partial charge is 0.455 e. The Morgan fingerprint density at radius 2 is 1.11 bits per heavy atom. The predicted molar refractivity (Wildman–Crippen MR) is 196 cm³/mol. The summed E-state index contributed by atoms with van der Waals surface area (Å²) in [5.74, 6) is 1.69. The van der Waals surface area contributed by atoms with Gasteiger partial charge in [0.15, 0.2) is 17.5 Å². The maximum atomic E-state index is 6.85. The molecule has 0 unspecified atom stereocenters. The highest BCUT2D eigenvalue weighted by Gasteiger charge is 2.21. The molecule has 0 saturated heterocycles. The lowest BCUT2D eigenvalue weighted by Gasteiger charge is -2.11. The van der Waals surface area contributed by atoms with Gasteiger partial charge >= 0.3 is 0 Å². The molecule has 3 aromatic heterocycles. The third-order valence-corrected chi connectivity index (χ3v) is 10.4. The summed E-state index contributed by atoms with van der Waals surface area (Å²) >= 11 is 8.61.